The Kier molecular flexibility index (Phi) is 3.79. The minimum absolute atomic E-state index is 0.0459. The van der Waals surface area contributed by atoms with E-state index in [1.165, 1.54) is 19.2 Å². The quantitative estimate of drug-likeness (QED) is 0.823. The lowest BCUT2D eigenvalue weighted by Gasteiger charge is -2.08. The van der Waals surface area contributed by atoms with Crippen molar-refractivity contribution in [2.24, 2.45) is 0 Å². The molecule has 0 aromatic heterocycles. The Morgan fingerprint density at radius 1 is 1.41 bits per heavy atom. The molecule has 1 rings (SSSR count). The second-order valence-electron chi connectivity index (χ2n) is 3.02. The Morgan fingerprint density at radius 3 is 2.53 bits per heavy atom. The van der Waals surface area contributed by atoms with Gasteiger partial charge < -0.3 is 14.0 Å². The van der Waals surface area contributed by atoms with Crippen LogP contribution in [0.5, 0.6) is 11.5 Å². The maximum absolute atomic E-state index is 11.2. The Morgan fingerprint density at radius 2 is 2.06 bits per heavy atom. The Labute approximate surface area is 98.2 Å². The van der Waals surface area contributed by atoms with Gasteiger partial charge in [-0.2, -0.15) is 8.42 Å². The van der Waals surface area contributed by atoms with Crippen molar-refractivity contribution in [3.05, 3.63) is 18.2 Å². The number of phenolic OH excluding ortho intramolecular Hbond substituents is 1. The first-order chi connectivity index (χ1) is 7.84. The van der Waals surface area contributed by atoms with E-state index in [1.807, 2.05) is 4.72 Å². The van der Waals surface area contributed by atoms with Crippen molar-refractivity contribution < 1.29 is 27.2 Å². The number of methoxy groups -OCH3 is 1. The number of nitrogens with one attached hydrogen (secondary N) is 1. The van der Waals surface area contributed by atoms with E-state index < -0.39 is 16.3 Å². The Bertz CT molecular complexity index is 524. The summed E-state index contributed by atoms with van der Waals surface area (Å²) in [5.74, 6) is -1.01. The molecule has 0 fully saturated rings. The zero-order valence-corrected chi connectivity index (χ0v) is 9.95. The minimum atomic E-state index is -4.22. The molecule has 0 aliphatic heterocycles. The summed E-state index contributed by atoms with van der Waals surface area (Å²) < 4.78 is 33.2. The molecule has 0 heterocycles. The number of carbonyl (C=O) groups is 1. The fraction of sp³-hybridized carbons (Fsp3) is 0.222. The highest BCUT2D eigenvalue weighted by Crippen LogP contribution is 2.28. The summed E-state index contributed by atoms with van der Waals surface area (Å²) in [6.45, 7) is 0.963. The van der Waals surface area contributed by atoms with Crippen molar-refractivity contribution in [1.29, 1.82) is 0 Å². The van der Waals surface area contributed by atoms with E-state index in [2.05, 4.69) is 4.18 Å². The number of rotatable bonds is 4. The number of carbonyl (C=O) groups excluding carboxylic acids is 1. The van der Waals surface area contributed by atoms with Crippen LogP contribution in [0.3, 0.4) is 0 Å². The number of hydrogen-bond donors (Lipinski definition) is 2. The third-order valence-electron chi connectivity index (χ3n) is 1.65. The molecule has 0 aliphatic carbocycles. The summed E-state index contributed by atoms with van der Waals surface area (Å²) in [6.07, 6.45) is 0. The van der Waals surface area contributed by atoms with Gasteiger partial charge in [0.1, 0.15) is 0 Å². The fourth-order valence-corrected chi connectivity index (χ4v) is 1.84. The summed E-state index contributed by atoms with van der Waals surface area (Å²) in [5, 5.41) is 9.40. The molecular weight excluding hydrogens is 250 g/mol. The average Bonchev–Trinajstić information content (AvgIpc) is 2.14. The number of phenols is 1. The van der Waals surface area contributed by atoms with Crippen LogP contribution in [0.15, 0.2) is 18.2 Å². The molecule has 8 heteroatoms. The summed E-state index contributed by atoms with van der Waals surface area (Å²) in [4.78, 5) is 10.5. The summed E-state index contributed by atoms with van der Waals surface area (Å²) >= 11 is 0. The van der Waals surface area contributed by atoms with Gasteiger partial charge in [0.05, 0.1) is 12.8 Å². The van der Waals surface area contributed by atoms with E-state index >= 15 is 0 Å². The van der Waals surface area contributed by atoms with Crippen molar-refractivity contribution in [1.82, 2.24) is 0 Å². The monoisotopic (exact) mass is 261 g/mol. The minimum Gasteiger partial charge on any atom is -0.504 e. The standard InChI is InChI=1S/C9H11NO6S/c1-6(11)16-17(13,14)10-7-3-4-9(15-2)8(12)5-7/h3-5,10,12H,1-2H3. The molecule has 1 aromatic carbocycles. The lowest BCUT2D eigenvalue weighted by Crippen LogP contribution is -2.18. The number of ether oxygens (including phenoxy) is 1. The van der Waals surface area contributed by atoms with Gasteiger partial charge in [-0.15, -0.1) is 0 Å². The van der Waals surface area contributed by atoms with Crippen LogP contribution in [-0.4, -0.2) is 26.6 Å². The molecule has 1 aromatic rings. The highest BCUT2D eigenvalue weighted by atomic mass is 32.2. The topological polar surface area (TPSA) is 102 Å². The molecule has 0 spiro atoms. The van der Waals surface area contributed by atoms with Gasteiger partial charge in [0.25, 0.3) is 0 Å². The first-order valence-electron chi connectivity index (χ1n) is 4.44. The Hall–Kier alpha value is -1.96. The molecule has 0 amide bonds. The van der Waals surface area contributed by atoms with E-state index in [4.69, 9.17) is 4.74 Å². The zero-order valence-electron chi connectivity index (χ0n) is 9.13. The van der Waals surface area contributed by atoms with E-state index in [9.17, 15) is 18.3 Å². The van der Waals surface area contributed by atoms with Crippen LogP contribution in [0.25, 0.3) is 0 Å². The predicted octanol–water partition coefficient (Wildman–Crippen LogP) is 0.621. The largest absolute Gasteiger partial charge is 0.504 e. The van der Waals surface area contributed by atoms with Gasteiger partial charge in [-0.1, -0.05) is 0 Å². The van der Waals surface area contributed by atoms with Crippen LogP contribution < -0.4 is 9.46 Å². The van der Waals surface area contributed by atoms with Crippen LogP contribution >= 0.6 is 0 Å². The highest BCUT2D eigenvalue weighted by molar-refractivity contribution is 7.88. The van der Waals surface area contributed by atoms with Crippen LogP contribution in [0.4, 0.5) is 5.69 Å². The smallest absolute Gasteiger partial charge is 0.409 e. The summed E-state index contributed by atoms with van der Waals surface area (Å²) in [6, 6.07) is 3.83. The first-order valence-corrected chi connectivity index (χ1v) is 5.84. The SMILES string of the molecule is COc1ccc(NS(=O)(=O)OC(C)=O)cc1O. The third-order valence-corrected chi connectivity index (χ3v) is 2.59. The van der Waals surface area contributed by atoms with Crippen molar-refractivity contribution in [3.8, 4) is 11.5 Å². The number of aromatic hydroxyl groups is 1. The summed E-state index contributed by atoms with van der Waals surface area (Å²) in [7, 11) is -2.86. The molecule has 0 saturated carbocycles. The number of anilines is 1. The van der Waals surface area contributed by atoms with Crippen LogP contribution in [0.1, 0.15) is 6.92 Å². The highest BCUT2D eigenvalue weighted by Gasteiger charge is 2.14. The van der Waals surface area contributed by atoms with Crippen molar-refractivity contribution in [3.63, 3.8) is 0 Å². The van der Waals surface area contributed by atoms with Gasteiger partial charge >= 0.3 is 16.3 Å². The maximum Gasteiger partial charge on any atom is 0.409 e. The number of hydrogen-bond acceptors (Lipinski definition) is 6. The van der Waals surface area contributed by atoms with Crippen molar-refractivity contribution in [2.45, 2.75) is 6.92 Å². The van der Waals surface area contributed by atoms with Gasteiger partial charge in [0.2, 0.25) is 0 Å². The normalized spacial score (nSPS) is 10.7. The van der Waals surface area contributed by atoms with E-state index in [1.54, 1.807) is 0 Å². The zero-order chi connectivity index (χ0) is 13.1. The molecule has 0 unspecified atom stereocenters. The molecule has 0 saturated heterocycles. The van der Waals surface area contributed by atoms with E-state index in [0.717, 1.165) is 13.0 Å². The van der Waals surface area contributed by atoms with Gasteiger partial charge in [-0.05, 0) is 12.1 Å². The molecule has 94 valence electrons. The second-order valence-corrected chi connectivity index (χ2v) is 4.30. The van der Waals surface area contributed by atoms with Gasteiger partial charge in [-0.25, -0.2) is 0 Å². The molecule has 0 atom stereocenters. The van der Waals surface area contributed by atoms with Crippen LogP contribution in [0.2, 0.25) is 0 Å². The van der Waals surface area contributed by atoms with Crippen molar-refractivity contribution in [2.75, 3.05) is 11.8 Å². The molecule has 0 bridgehead atoms. The first kappa shape index (κ1) is 13.1. The second kappa shape index (κ2) is 4.91. The lowest BCUT2D eigenvalue weighted by molar-refractivity contribution is -0.131. The molecule has 0 radical (unpaired) electrons. The molecule has 17 heavy (non-hydrogen) atoms. The Balaban J connectivity index is 2.89. The predicted molar refractivity (Wildman–Crippen MR) is 59.0 cm³/mol. The van der Waals surface area contributed by atoms with Gasteiger partial charge in [0, 0.05) is 13.0 Å². The van der Waals surface area contributed by atoms with Crippen LogP contribution in [0, 0.1) is 0 Å². The van der Waals surface area contributed by atoms with Crippen LogP contribution in [-0.2, 0) is 19.3 Å². The summed E-state index contributed by atoms with van der Waals surface area (Å²) in [5.41, 5.74) is 0.0459. The lowest BCUT2D eigenvalue weighted by atomic mass is 10.3. The molecule has 0 aliphatic rings. The number of benzene rings is 1. The maximum atomic E-state index is 11.2. The van der Waals surface area contributed by atoms with E-state index in [-0.39, 0.29) is 17.2 Å². The average molecular weight is 261 g/mol. The molecule has 2 N–H and O–H groups in total. The molecule has 7 nitrogen and oxygen atoms in total. The molecular formula is C9H11NO6S. The van der Waals surface area contributed by atoms with Gasteiger partial charge in [0.15, 0.2) is 11.5 Å². The van der Waals surface area contributed by atoms with Gasteiger partial charge in [-0.3, -0.25) is 9.52 Å². The van der Waals surface area contributed by atoms with E-state index in [0.29, 0.717) is 0 Å². The van der Waals surface area contributed by atoms with Crippen molar-refractivity contribution >= 4 is 22.0 Å². The fourth-order valence-electron chi connectivity index (χ4n) is 1.07. The third kappa shape index (κ3) is 3.83.